The second-order valence-electron chi connectivity index (χ2n) is 8.18. The Hall–Kier alpha value is -3.77. The minimum atomic E-state index is -0.923. The summed E-state index contributed by atoms with van der Waals surface area (Å²) in [4.78, 5) is 28.0. The fourth-order valence-corrected chi connectivity index (χ4v) is 4.46. The summed E-state index contributed by atoms with van der Waals surface area (Å²) in [6.45, 7) is 6.05. The van der Waals surface area contributed by atoms with Crippen LogP contribution < -0.4 is 9.64 Å². The number of ether oxygens (including phenoxy) is 1. The number of rotatable bonds is 5. The monoisotopic (exact) mass is 477 g/mol. The number of halogens is 1. The molecular weight excluding hydrogens is 454 g/mol. The number of aliphatic hydroxyl groups excluding tert-OH is 1. The van der Waals surface area contributed by atoms with Crippen LogP contribution in [-0.2, 0) is 9.59 Å². The van der Waals surface area contributed by atoms with E-state index in [0.29, 0.717) is 23.6 Å². The number of phenolic OH excluding ortho intramolecular Hbond substituents is 1. The molecule has 1 unspecified atom stereocenters. The second kappa shape index (κ2) is 9.23. The number of carbonyl (C=O) groups excluding carboxylic acids is 2. The number of anilines is 1. The lowest BCUT2D eigenvalue weighted by atomic mass is 9.94. The van der Waals surface area contributed by atoms with Crippen LogP contribution in [0, 0.1) is 13.8 Å². The third-order valence-electron chi connectivity index (χ3n) is 5.64. The van der Waals surface area contributed by atoms with Crippen LogP contribution in [0.5, 0.6) is 11.5 Å². The van der Waals surface area contributed by atoms with Crippen LogP contribution in [0.4, 0.5) is 5.69 Å². The summed E-state index contributed by atoms with van der Waals surface area (Å²) in [5.41, 5.74) is 3.03. The number of Topliss-reactive ketones (excluding diaryl/α,β-unsaturated/α-hetero) is 1. The van der Waals surface area contributed by atoms with Gasteiger partial charge in [0.15, 0.2) is 0 Å². The first-order valence-corrected chi connectivity index (χ1v) is 11.2. The standard InChI is InChI=1S/C27H24ClNO5/c1-4-34-20-9-10-22(28)21(14-20)25(31)23-24(17-5-7-19(30)8-6-17)29(27(33)26(23)32)18-12-15(2)11-16(3)13-18/h5-14,24,30-31H,4H2,1-3H3/b25-23+. The van der Waals surface area contributed by atoms with Crippen LogP contribution in [0.3, 0.4) is 0 Å². The molecule has 2 N–H and O–H groups in total. The van der Waals surface area contributed by atoms with Gasteiger partial charge >= 0.3 is 0 Å². The Morgan fingerprint density at radius 1 is 1.00 bits per heavy atom. The molecule has 34 heavy (non-hydrogen) atoms. The smallest absolute Gasteiger partial charge is 0.300 e. The lowest BCUT2D eigenvalue weighted by molar-refractivity contribution is -0.132. The zero-order chi connectivity index (χ0) is 24.6. The molecular formula is C27H24ClNO5. The average Bonchev–Trinajstić information content (AvgIpc) is 3.05. The molecule has 3 aromatic rings. The van der Waals surface area contributed by atoms with E-state index in [0.717, 1.165) is 11.1 Å². The highest BCUT2D eigenvalue weighted by Gasteiger charge is 2.47. The first kappa shape index (κ1) is 23.4. The van der Waals surface area contributed by atoms with E-state index in [1.54, 1.807) is 30.3 Å². The Morgan fingerprint density at radius 2 is 1.65 bits per heavy atom. The van der Waals surface area contributed by atoms with Crippen molar-refractivity contribution in [1.29, 1.82) is 0 Å². The van der Waals surface area contributed by atoms with Crippen molar-refractivity contribution in [3.63, 3.8) is 0 Å². The van der Waals surface area contributed by atoms with Crippen molar-refractivity contribution in [1.82, 2.24) is 0 Å². The minimum Gasteiger partial charge on any atom is -0.508 e. The number of hydrogen-bond donors (Lipinski definition) is 2. The van der Waals surface area contributed by atoms with Crippen LogP contribution >= 0.6 is 11.6 Å². The summed E-state index contributed by atoms with van der Waals surface area (Å²) in [6.07, 6.45) is 0. The normalized spacial score (nSPS) is 17.3. The van der Waals surface area contributed by atoms with E-state index in [4.69, 9.17) is 16.3 Å². The number of aryl methyl sites for hydroxylation is 2. The molecule has 0 spiro atoms. The molecule has 1 aliphatic heterocycles. The maximum atomic E-state index is 13.3. The van der Waals surface area contributed by atoms with Crippen molar-refractivity contribution in [3.8, 4) is 11.5 Å². The van der Waals surface area contributed by atoms with Crippen LogP contribution in [-0.4, -0.2) is 28.5 Å². The summed E-state index contributed by atoms with van der Waals surface area (Å²) >= 11 is 6.37. The number of benzene rings is 3. The van der Waals surface area contributed by atoms with Gasteiger partial charge in [-0.25, -0.2) is 0 Å². The third kappa shape index (κ3) is 4.24. The minimum absolute atomic E-state index is 0.0413. The Morgan fingerprint density at radius 3 is 2.26 bits per heavy atom. The van der Waals surface area contributed by atoms with Gasteiger partial charge in [-0.1, -0.05) is 29.8 Å². The van der Waals surface area contributed by atoms with E-state index in [1.807, 2.05) is 39.0 Å². The zero-order valence-corrected chi connectivity index (χ0v) is 19.8. The van der Waals surface area contributed by atoms with Crippen molar-refractivity contribution in [2.45, 2.75) is 26.8 Å². The van der Waals surface area contributed by atoms with Crippen molar-refractivity contribution in [2.75, 3.05) is 11.5 Å². The molecule has 1 saturated heterocycles. The fourth-order valence-electron chi connectivity index (χ4n) is 4.25. The topological polar surface area (TPSA) is 87.1 Å². The number of amides is 1. The Kier molecular flexibility index (Phi) is 6.35. The van der Waals surface area contributed by atoms with E-state index < -0.39 is 23.5 Å². The molecule has 0 aromatic heterocycles. The molecule has 1 aliphatic rings. The quantitative estimate of drug-likeness (QED) is 0.280. The summed E-state index contributed by atoms with van der Waals surface area (Å²) in [7, 11) is 0. The first-order chi connectivity index (χ1) is 16.2. The number of aliphatic hydroxyl groups is 1. The van der Waals surface area contributed by atoms with E-state index in [1.165, 1.54) is 17.0 Å². The van der Waals surface area contributed by atoms with Crippen molar-refractivity contribution in [2.24, 2.45) is 0 Å². The second-order valence-corrected chi connectivity index (χ2v) is 8.59. The van der Waals surface area contributed by atoms with E-state index in [2.05, 4.69) is 0 Å². The van der Waals surface area contributed by atoms with Crippen molar-refractivity contribution >= 4 is 34.7 Å². The van der Waals surface area contributed by atoms with Gasteiger partial charge in [0, 0.05) is 11.3 Å². The highest BCUT2D eigenvalue weighted by molar-refractivity contribution is 6.52. The van der Waals surface area contributed by atoms with E-state index in [-0.39, 0.29) is 21.9 Å². The molecule has 3 aromatic carbocycles. The van der Waals surface area contributed by atoms with Gasteiger partial charge in [0.05, 0.1) is 23.2 Å². The van der Waals surface area contributed by atoms with Gasteiger partial charge in [-0.2, -0.15) is 0 Å². The molecule has 1 fully saturated rings. The molecule has 0 saturated carbocycles. The van der Waals surface area contributed by atoms with Gasteiger partial charge in [0.25, 0.3) is 11.7 Å². The summed E-state index contributed by atoms with van der Waals surface area (Å²) in [6, 6.07) is 15.6. The number of nitrogens with zero attached hydrogens (tertiary/aromatic N) is 1. The molecule has 1 amide bonds. The lowest BCUT2D eigenvalue weighted by Crippen LogP contribution is -2.29. The summed E-state index contributed by atoms with van der Waals surface area (Å²) in [5.74, 6) is -1.47. The summed E-state index contributed by atoms with van der Waals surface area (Å²) < 4.78 is 5.52. The number of phenols is 1. The van der Waals surface area contributed by atoms with Crippen LogP contribution in [0.15, 0.2) is 66.2 Å². The Bertz CT molecular complexity index is 1290. The number of carbonyl (C=O) groups is 2. The Balaban J connectivity index is 1.97. The molecule has 1 heterocycles. The predicted molar refractivity (Wildman–Crippen MR) is 131 cm³/mol. The Labute approximate surface area is 202 Å². The largest absolute Gasteiger partial charge is 0.508 e. The zero-order valence-electron chi connectivity index (χ0n) is 19.0. The maximum Gasteiger partial charge on any atom is 0.300 e. The molecule has 0 aliphatic carbocycles. The van der Waals surface area contributed by atoms with Crippen molar-refractivity contribution in [3.05, 3.63) is 93.5 Å². The molecule has 1 atom stereocenters. The molecule has 7 heteroatoms. The highest BCUT2D eigenvalue weighted by Crippen LogP contribution is 2.44. The molecule has 174 valence electrons. The average molecular weight is 478 g/mol. The fraction of sp³-hybridized carbons (Fsp3) is 0.185. The molecule has 0 radical (unpaired) electrons. The molecule has 4 rings (SSSR count). The third-order valence-corrected chi connectivity index (χ3v) is 5.97. The lowest BCUT2D eigenvalue weighted by Gasteiger charge is -2.26. The van der Waals surface area contributed by atoms with Gasteiger partial charge in [0.1, 0.15) is 17.3 Å². The van der Waals surface area contributed by atoms with Crippen LogP contribution in [0.25, 0.3) is 5.76 Å². The number of ketones is 1. The predicted octanol–water partition coefficient (Wildman–Crippen LogP) is 5.69. The van der Waals surface area contributed by atoms with Crippen LogP contribution in [0.1, 0.15) is 35.2 Å². The SMILES string of the molecule is CCOc1ccc(Cl)c(/C(O)=C2\C(=O)C(=O)N(c3cc(C)cc(C)c3)C2c2ccc(O)cc2)c1. The van der Waals surface area contributed by atoms with Crippen molar-refractivity contribution < 1.29 is 24.5 Å². The van der Waals surface area contributed by atoms with E-state index >= 15 is 0 Å². The van der Waals surface area contributed by atoms with Gasteiger partial charge < -0.3 is 14.9 Å². The first-order valence-electron chi connectivity index (χ1n) is 10.8. The maximum absolute atomic E-state index is 13.3. The van der Waals surface area contributed by atoms with Gasteiger partial charge in [0.2, 0.25) is 0 Å². The number of aromatic hydroxyl groups is 1. The van der Waals surface area contributed by atoms with E-state index in [9.17, 15) is 19.8 Å². The number of hydrogen-bond acceptors (Lipinski definition) is 5. The van der Waals surface area contributed by atoms with Gasteiger partial charge in [-0.15, -0.1) is 0 Å². The molecule has 0 bridgehead atoms. The highest BCUT2D eigenvalue weighted by atomic mass is 35.5. The van der Waals surface area contributed by atoms with Gasteiger partial charge in [-0.05, 0) is 79.9 Å². The summed E-state index contributed by atoms with van der Waals surface area (Å²) in [5, 5.41) is 21.3. The van der Waals surface area contributed by atoms with Crippen LogP contribution in [0.2, 0.25) is 5.02 Å². The van der Waals surface area contributed by atoms with Gasteiger partial charge in [-0.3, -0.25) is 14.5 Å². The molecule has 6 nitrogen and oxygen atoms in total.